The van der Waals surface area contributed by atoms with Crippen LogP contribution in [0.3, 0.4) is 0 Å². The fourth-order valence-electron chi connectivity index (χ4n) is 11.6. The zero-order chi connectivity index (χ0) is 53.8. The summed E-state index contributed by atoms with van der Waals surface area (Å²) < 4.78 is 58.1. The lowest BCUT2D eigenvalue weighted by Crippen LogP contribution is -2.61. The van der Waals surface area contributed by atoms with Crippen LogP contribution in [-0.2, 0) is 57.7 Å². The molecule has 15 atom stereocenters. The number of hydrogen-bond acceptors (Lipinski definition) is 15. The van der Waals surface area contributed by atoms with Gasteiger partial charge in [-0.15, -0.1) is 0 Å². The molecule has 17 nitrogen and oxygen atoms in total. The highest BCUT2D eigenvalue weighted by atomic mass is 32.2. The molecule has 5 aliphatic rings. The summed E-state index contributed by atoms with van der Waals surface area (Å²) in [6.45, 7) is 12.8. The van der Waals surface area contributed by atoms with Gasteiger partial charge in [-0.3, -0.25) is 19.2 Å². The third kappa shape index (κ3) is 15.6. The molecule has 1 aliphatic carbocycles. The Balaban J connectivity index is 1.50. The molecule has 5 rings (SSSR count). The number of rotatable bonds is 9. The van der Waals surface area contributed by atoms with Crippen LogP contribution in [0.15, 0.2) is 47.6 Å². The van der Waals surface area contributed by atoms with Gasteiger partial charge in [0.25, 0.3) is 11.7 Å². The number of piperidine rings is 1. The number of aliphatic hydroxyl groups is 3. The van der Waals surface area contributed by atoms with E-state index in [1.54, 1.807) is 47.0 Å². The van der Waals surface area contributed by atoms with Gasteiger partial charge in [0.05, 0.1) is 37.3 Å². The molecule has 3 N–H and O–H groups in total. The van der Waals surface area contributed by atoms with Crippen LogP contribution in [0, 0.1) is 35.5 Å². The topological polar surface area (TPSA) is 233 Å². The molecular formula is C55H86N2O15S. The molecule has 4 aliphatic heterocycles. The maximum absolute atomic E-state index is 14.6. The van der Waals surface area contributed by atoms with Crippen molar-refractivity contribution in [2.24, 2.45) is 35.5 Å². The number of cyclic esters (lactones) is 1. The number of Topliss-reactive ketones (excluding diaryl/α,β-unsaturated/α-hetero) is 3. The Morgan fingerprint density at radius 1 is 0.849 bits per heavy atom. The lowest BCUT2D eigenvalue weighted by Gasteiger charge is -2.43. The fourth-order valence-corrected chi connectivity index (χ4v) is 13.4. The molecule has 73 heavy (non-hydrogen) atoms. The summed E-state index contributed by atoms with van der Waals surface area (Å²) in [5.74, 6) is -8.65. The molecule has 0 aromatic heterocycles. The molecule has 1 amide bonds. The van der Waals surface area contributed by atoms with E-state index in [-0.39, 0.29) is 92.8 Å². The molecule has 0 aromatic carbocycles. The number of ether oxygens (including phenoxy) is 5. The highest BCUT2D eigenvalue weighted by molar-refractivity contribution is 7.89. The predicted molar refractivity (Wildman–Crippen MR) is 274 cm³/mol. The molecule has 0 radical (unpaired) electrons. The number of sulfonamides is 1. The normalized spacial score (nSPS) is 39.4. The maximum Gasteiger partial charge on any atom is 0.329 e. The van der Waals surface area contributed by atoms with Crippen molar-refractivity contribution >= 4 is 39.2 Å². The number of nitrogens with zero attached hydrogens (tertiary/aromatic N) is 2. The lowest BCUT2D eigenvalue weighted by atomic mass is 9.78. The quantitative estimate of drug-likeness (QED) is 0.145. The van der Waals surface area contributed by atoms with Gasteiger partial charge >= 0.3 is 5.97 Å². The van der Waals surface area contributed by atoms with E-state index in [0.29, 0.717) is 68.9 Å². The monoisotopic (exact) mass is 1050 g/mol. The van der Waals surface area contributed by atoms with Crippen molar-refractivity contribution in [3.05, 3.63) is 47.6 Å². The standard InChI is InChI=1S/C55H86N2O15S/c1-34-16-11-10-12-17-35(2)44(57-24-15-27-73(57,66)67)32-42-21-19-40(7)55(65,72-42)52(62)53(63)56-23-14-13-18-43(56)54(64)71-47(37(4)30-41-20-22-46(70-26-25-58)48(31-41)68-8)33-45(59)36(3)29-39(6)50(61)51(69-9)49(60)38(5)28-34/h10-12,16-17,29,34,36-38,40-44,46-48,50-51,58,61,65H,13-15,18-28,30-33H2,1-9H3/b12-10+,16-11+,35-17+,39-29+/t34-,36-,37-,38-,40-,41+,42+,43+,44?,46-,47+,48-,50-,51+,55-/m1/s1. The molecular weight excluding hydrogens is 961 g/mol. The maximum atomic E-state index is 14.6. The van der Waals surface area contributed by atoms with Crippen LogP contribution in [0.5, 0.6) is 0 Å². The average molecular weight is 1050 g/mol. The first kappa shape index (κ1) is 60.4. The van der Waals surface area contributed by atoms with Crippen molar-refractivity contribution in [2.45, 2.75) is 186 Å². The van der Waals surface area contributed by atoms with E-state index >= 15 is 0 Å². The van der Waals surface area contributed by atoms with Crippen LogP contribution in [0.2, 0.25) is 0 Å². The van der Waals surface area contributed by atoms with Crippen molar-refractivity contribution in [3.63, 3.8) is 0 Å². The smallest absolute Gasteiger partial charge is 0.329 e. The summed E-state index contributed by atoms with van der Waals surface area (Å²) in [5.41, 5.74) is 1.07. The minimum atomic E-state index is -3.63. The number of methoxy groups -OCH3 is 2. The zero-order valence-corrected chi connectivity index (χ0v) is 45.6. The van der Waals surface area contributed by atoms with Gasteiger partial charge in [0, 0.05) is 57.5 Å². The number of aliphatic hydroxyl groups excluding tert-OH is 2. The van der Waals surface area contributed by atoms with Crippen molar-refractivity contribution in [1.29, 1.82) is 0 Å². The van der Waals surface area contributed by atoms with E-state index in [0.717, 1.165) is 11.3 Å². The number of ketones is 3. The first-order chi connectivity index (χ1) is 34.6. The van der Waals surface area contributed by atoms with Crippen LogP contribution in [-0.4, -0.2) is 163 Å². The average Bonchev–Trinajstić information content (AvgIpc) is 3.72. The van der Waals surface area contributed by atoms with E-state index in [9.17, 15) is 47.7 Å². The second-order valence-corrected chi connectivity index (χ2v) is 23.8. The van der Waals surface area contributed by atoms with Crippen LogP contribution in [0.25, 0.3) is 0 Å². The van der Waals surface area contributed by atoms with Crippen molar-refractivity contribution in [3.8, 4) is 0 Å². The minimum absolute atomic E-state index is 0.0130. The van der Waals surface area contributed by atoms with E-state index in [1.165, 1.54) is 11.4 Å². The Hall–Kier alpha value is -3.46. The number of allylic oxidation sites excluding steroid dienone is 6. The molecule has 4 heterocycles. The highest BCUT2D eigenvalue weighted by Crippen LogP contribution is 2.39. The highest BCUT2D eigenvalue weighted by Gasteiger charge is 2.53. The SMILES string of the molecule is CO[C@@H]1C[C@H](C[C@@H](C)[C@@H]2CC(=O)[C@H](C)/C=C(\C)[C@@H](O)[C@@H](OC)C(=O)[C@H](C)C[C@H](C)/C=C/C=C/C=C(\C)C(N3CCCS3(=O)=O)C[C@@H]3CC[C@@H](C)[C@@](O)(O3)C(=O)C(=O)N3CCCC[C@H]3C(=O)O2)CC[C@H]1OCCO. The summed E-state index contributed by atoms with van der Waals surface area (Å²) in [7, 11) is -0.648. The summed E-state index contributed by atoms with van der Waals surface area (Å²) in [6.07, 6.45) is 11.4. The summed E-state index contributed by atoms with van der Waals surface area (Å²) in [6, 6.07) is -1.88. The predicted octanol–water partition coefficient (Wildman–Crippen LogP) is 5.59. The second-order valence-electron chi connectivity index (χ2n) is 21.7. The molecule has 412 valence electrons. The van der Waals surface area contributed by atoms with Crippen molar-refractivity contribution < 1.29 is 71.4 Å². The van der Waals surface area contributed by atoms with Crippen LogP contribution in [0.1, 0.15) is 132 Å². The molecule has 4 fully saturated rings. The number of amides is 1. The molecule has 1 unspecified atom stereocenters. The van der Waals surface area contributed by atoms with Gasteiger partial charge in [-0.05, 0) is 114 Å². The molecule has 0 spiro atoms. The van der Waals surface area contributed by atoms with Crippen molar-refractivity contribution in [2.75, 3.05) is 46.3 Å². The number of hydrogen-bond donors (Lipinski definition) is 3. The van der Waals surface area contributed by atoms with E-state index < -0.39 is 87.7 Å². The van der Waals surface area contributed by atoms with Crippen molar-refractivity contribution in [1.82, 2.24) is 9.21 Å². The Kier molecular flexibility index (Phi) is 22.8. The fraction of sp³-hybridized carbons (Fsp3) is 0.764. The van der Waals surface area contributed by atoms with E-state index in [1.807, 2.05) is 45.1 Å². The van der Waals surface area contributed by atoms with Gasteiger partial charge in [0.15, 0.2) is 5.78 Å². The third-order valence-corrected chi connectivity index (χ3v) is 18.1. The Bertz CT molecular complexity index is 2140. The summed E-state index contributed by atoms with van der Waals surface area (Å²) in [4.78, 5) is 72.7. The van der Waals surface area contributed by atoms with Gasteiger partial charge in [-0.1, -0.05) is 76.6 Å². The Morgan fingerprint density at radius 2 is 1.59 bits per heavy atom. The van der Waals surface area contributed by atoms with Gasteiger partial charge in [-0.25, -0.2) is 13.2 Å². The first-order valence-corrected chi connectivity index (χ1v) is 28.4. The van der Waals surface area contributed by atoms with Crippen LogP contribution >= 0.6 is 0 Å². The first-order valence-electron chi connectivity index (χ1n) is 26.7. The molecule has 1 saturated carbocycles. The van der Waals surface area contributed by atoms with Crippen LogP contribution in [0.4, 0.5) is 0 Å². The number of carbonyl (C=O) groups excluding carboxylic acids is 5. The number of fused-ring (bicyclic) bond motifs is 3. The summed E-state index contributed by atoms with van der Waals surface area (Å²) in [5, 5.41) is 33.1. The van der Waals surface area contributed by atoms with Gasteiger partial charge in [0.1, 0.15) is 30.1 Å². The van der Waals surface area contributed by atoms with Crippen LogP contribution < -0.4 is 0 Å². The van der Waals surface area contributed by atoms with E-state index in [2.05, 4.69) is 0 Å². The molecule has 0 aromatic rings. The Labute approximate surface area is 434 Å². The zero-order valence-electron chi connectivity index (χ0n) is 44.8. The number of carbonyl (C=O) groups is 5. The van der Waals surface area contributed by atoms with Gasteiger partial charge in [0.2, 0.25) is 15.8 Å². The minimum Gasteiger partial charge on any atom is -0.460 e. The van der Waals surface area contributed by atoms with E-state index in [4.69, 9.17) is 23.7 Å². The molecule has 2 bridgehead atoms. The summed E-state index contributed by atoms with van der Waals surface area (Å²) >= 11 is 0. The molecule has 3 saturated heterocycles. The number of esters is 1. The third-order valence-electron chi connectivity index (χ3n) is 16.1. The molecule has 18 heteroatoms. The van der Waals surface area contributed by atoms with Gasteiger partial charge < -0.3 is 43.9 Å². The largest absolute Gasteiger partial charge is 0.460 e. The Morgan fingerprint density at radius 3 is 2.26 bits per heavy atom. The lowest BCUT2D eigenvalue weighted by molar-refractivity contribution is -0.264. The van der Waals surface area contributed by atoms with Gasteiger partial charge in [-0.2, -0.15) is 4.31 Å². The second kappa shape index (κ2) is 27.5.